The lowest BCUT2D eigenvalue weighted by Gasteiger charge is -2.33. The number of likely N-dealkylation sites (tertiary alicyclic amines) is 1. The molecule has 0 saturated carbocycles. The molecule has 0 aromatic heterocycles. The van der Waals surface area contributed by atoms with E-state index in [-0.39, 0.29) is 0 Å². The largest absolute Gasteiger partial charge is 0.317 e. The van der Waals surface area contributed by atoms with Crippen LogP contribution in [0, 0.1) is 0 Å². The molecule has 2 fully saturated rings. The van der Waals surface area contributed by atoms with Crippen molar-refractivity contribution in [1.82, 2.24) is 10.2 Å². The standard InChI is InChI=1S/C11H22N2S/c1-12-10-4-6-13(7-5-10)9-11-3-2-8-14-11/h10-12H,2-9H2,1H3. The van der Waals surface area contributed by atoms with Crippen molar-refractivity contribution in [2.75, 3.05) is 32.4 Å². The molecule has 0 radical (unpaired) electrons. The van der Waals surface area contributed by atoms with Crippen molar-refractivity contribution in [2.24, 2.45) is 0 Å². The third kappa shape index (κ3) is 2.88. The van der Waals surface area contributed by atoms with Gasteiger partial charge in [0.2, 0.25) is 0 Å². The van der Waals surface area contributed by atoms with Crippen molar-refractivity contribution < 1.29 is 0 Å². The van der Waals surface area contributed by atoms with Crippen molar-refractivity contribution in [3.8, 4) is 0 Å². The van der Waals surface area contributed by atoms with Crippen LogP contribution in [0.2, 0.25) is 0 Å². The van der Waals surface area contributed by atoms with E-state index in [4.69, 9.17) is 0 Å². The summed E-state index contributed by atoms with van der Waals surface area (Å²) < 4.78 is 0. The van der Waals surface area contributed by atoms with Gasteiger partial charge in [-0.15, -0.1) is 0 Å². The van der Waals surface area contributed by atoms with E-state index >= 15 is 0 Å². The summed E-state index contributed by atoms with van der Waals surface area (Å²) in [7, 11) is 2.09. The summed E-state index contributed by atoms with van der Waals surface area (Å²) in [5, 5.41) is 4.33. The van der Waals surface area contributed by atoms with E-state index in [0.29, 0.717) is 0 Å². The van der Waals surface area contributed by atoms with Gasteiger partial charge in [-0.1, -0.05) is 0 Å². The van der Waals surface area contributed by atoms with E-state index in [1.165, 1.54) is 51.1 Å². The predicted molar refractivity (Wildman–Crippen MR) is 64.0 cm³/mol. The average molecular weight is 214 g/mol. The summed E-state index contributed by atoms with van der Waals surface area (Å²) in [5.74, 6) is 1.40. The molecule has 0 bridgehead atoms. The van der Waals surface area contributed by atoms with Crippen molar-refractivity contribution in [2.45, 2.75) is 37.0 Å². The van der Waals surface area contributed by atoms with E-state index in [0.717, 1.165) is 11.3 Å². The number of nitrogens with one attached hydrogen (secondary N) is 1. The molecular weight excluding hydrogens is 192 g/mol. The van der Waals surface area contributed by atoms with Crippen LogP contribution in [0.25, 0.3) is 0 Å². The summed E-state index contributed by atoms with van der Waals surface area (Å²) in [6.07, 6.45) is 5.58. The van der Waals surface area contributed by atoms with E-state index < -0.39 is 0 Å². The SMILES string of the molecule is CNC1CCN(CC2CCCS2)CC1. The zero-order chi connectivity index (χ0) is 9.80. The third-order valence-electron chi connectivity index (χ3n) is 3.48. The molecule has 0 spiro atoms. The summed E-state index contributed by atoms with van der Waals surface area (Å²) in [6, 6.07) is 0.780. The molecule has 2 heterocycles. The minimum atomic E-state index is 0.780. The van der Waals surface area contributed by atoms with Gasteiger partial charge in [0, 0.05) is 17.8 Å². The maximum absolute atomic E-state index is 3.39. The van der Waals surface area contributed by atoms with E-state index in [9.17, 15) is 0 Å². The van der Waals surface area contributed by atoms with Gasteiger partial charge in [-0.25, -0.2) is 0 Å². The second kappa shape index (κ2) is 5.38. The Morgan fingerprint density at radius 1 is 1.29 bits per heavy atom. The minimum absolute atomic E-state index is 0.780. The lowest BCUT2D eigenvalue weighted by atomic mass is 10.0. The highest BCUT2D eigenvalue weighted by atomic mass is 32.2. The van der Waals surface area contributed by atoms with Crippen LogP contribution in [0.3, 0.4) is 0 Å². The second-order valence-electron chi connectivity index (χ2n) is 4.50. The molecule has 82 valence electrons. The first kappa shape index (κ1) is 10.8. The number of nitrogens with zero attached hydrogens (tertiary/aromatic N) is 1. The van der Waals surface area contributed by atoms with Crippen LogP contribution < -0.4 is 5.32 Å². The Morgan fingerprint density at radius 3 is 2.64 bits per heavy atom. The molecule has 14 heavy (non-hydrogen) atoms. The lowest BCUT2D eigenvalue weighted by molar-refractivity contribution is 0.202. The highest BCUT2D eigenvalue weighted by Gasteiger charge is 2.22. The molecule has 2 aliphatic rings. The number of rotatable bonds is 3. The maximum atomic E-state index is 3.39. The van der Waals surface area contributed by atoms with Crippen LogP contribution in [0.4, 0.5) is 0 Å². The van der Waals surface area contributed by atoms with Gasteiger partial charge in [-0.3, -0.25) is 0 Å². The van der Waals surface area contributed by atoms with Crippen LogP contribution in [0.5, 0.6) is 0 Å². The molecule has 0 aromatic carbocycles. The van der Waals surface area contributed by atoms with Gasteiger partial charge in [0.15, 0.2) is 0 Å². The van der Waals surface area contributed by atoms with E-state index in [1.54, 1.807) is 0 Å². The number of hydrogen-bond donors (Lipinski definition) is 1. The fourth-order valence-corrected chi connectivity index (χ4v) is 3.80. The molecule has 2 nitrogen and oxygen atoms in total. The van der Waals surface area contributed by atoms with E-state index in [1.807, 2.05) is 0 Å². The summed E-state index contributed by atoms with van der Waals surface area (Å²) in [6.45, 7) is 3.96. The number of thioether (sulfide) groups is 1. The van der Waals surface area contributed by atoms with Crippen LogP contribution in [0.15, 0.2) is 0 Å². The van der Waals surface area contributed by atoms with Gasteiger partial charge in [-0.05, 0) is 51.6 Å². The Bertz CT molecular complexity index is 161. The van der Waals surface area contributed by atoms with Gasteiger partial charge in [-0.2, -0.15) is 11.8 Å². The molecule has 1 unspecified atom stereocenters. The molecule has 2 aliphatic heterocycles. The second-order valence-corrected chi connectivity index (χ2v) is 5.91. The topological polar surface area (TPSA) is 15.3 Å². The molecule has 0 amide bonds. The molecule has 0 aromatic rings. The van der Waals surface area contributed by atoms with Gasteiger partial charge in [0.25, 0.3) is 0 Å². The zero-order valence-corrected chi connectivity index (χ0v) is 9.98. The van der Waals surface area contributed by atoms with Gasteiger partial charge < -0.3 is 10.2 Å². The molecule has 0 aliphatic carbocycles. The number of hydrogen-bond acceptors (Lipinski definition) is 3. The monoisotopic (exact) mass is 214 g/mol. The first-order valence-corrected chi connectivity index (χ1v) is 6.94. The van der Waals surface area contributed by atoms with Crippen molar-refractivity contribution in [3.63, 3.8) is 0 Å². The third-order valence-corrected chi connectivity index (χ3v) is 4.86. The Hall–Kier alpha value is 0.270. The zero-order valence-electron chi connectivity index (χ0n) is 9.17. The van der Waals surface area contributed by atoms with Crippen LogP contribution in [0.1, 0.15) is 25.7 Å². The van der Waals surface area contributed by atoms with Crippen LogP contribution in [-0.4, -0.2) is 48.6 Å². The lowest BCUT2D eigenvalue weighted by Crippen LogP contribution is -2.43. The van der Waals surface area contributed by atoms with Crippen molar-refractivity contribution in [3.05, 3.63) is 0 Å². The Labute approximate surface area is 91.8 Å². The van der Waals surface area contributed by atoms with E-state index in [2.05, 4.69) is 29.0 Å². The quantitative estimate of drug-likeness (QED) is 0.768. The fraction of sp³-hybridized carbons (Fsp3) is 1.00. The highest BCUT2D eigenvalue weighted by molar-refractivity contribution is 8.00. The van der Waals surface area contributed by atoms with Crippen molar-refractivity contribution in [1.29, 1.82) is 0 Å². The summed E-state index contributed by atoms with van der Waals surface area (Å²) in [5.41, 5.74) is 0. The smallest absolute Gasteiger partial charge is 0.0175 e. The maximum Gasteiger partial charge on any atom is 0.0175 e. The molecule has 3 heteroatoms. The predicted octanol–water partition coefficient (Wildman–Crippen LogP) is 1.57. The Kier molecular flexibility index (Phi) is 4.14. The molecule has 1 N–H and O–H groups in total. The first-order chi connectivity index (χ1) is 6.88. The highest BCUT2D eigenvalue weighted by Crippen LogP contribution is 2.27. The molecular formula is C11H22N2S. The van der Waals surface area contributed by atoms with Crippen LogP contribution in [-0.2, 0) is 0 Å². The van der Waals surface area contributed by atoms with Crippen molar-refractivity contribution >= 4 is 11.8 Å². The molecule has 2 rings (SSSR count). The summed E-state index contributed by atoms with van der Waals surface area (Å²) in [4.78, 5) is 2.66. The van der Waals surface area contributed by atoms with Gasteiger partial charge in [0.05, 0.1) is 0 Å². The van der Waals surface area contributed by atoms with Gasteiger partial charge >= 0.3 is 0 Å². The minimum Gasteiger partial charge on any atom is -0.317 e. The average Bonchev–Trinajstić information content (AvgIpc) is 2.72. The number of piperidine rings is 1. The fourth-order valence-electron chi connectivity index (χ4n) is 2.48. The molecule has 2 saturated heterocycles. The first-order valence-electron chi connectivity index (χ1n) is 5.89. The Morgan fingerprint density at radius 2 is 2.07 bits per heavy atom. The summed E-state index contributed by atoms with van der Waals surface area (Å²) >= 11 is 2.19. The van der Waals surface area contributed by atoms with Gasteiger partial charge in [0.1, 0.15) is 0 Å². The van der Waals surface area contributed by atoms with Crippen LogP contribution >= 0.6 is 11.8 Å². The Balaban J connectivity index is 1.67. The normalized spacial score (nSPS) is 31.1. The molecule has 1 atom stereocenters.